The van der Waals surface area contributed by atoms with Gasteiger partial charge in [-0.3, -0.25) is 4.98 Å². The first-order valence-electron chi connectivity index (χ1n) is 6.64. The maximum atomic E-state index is 12.9. The Bertz CT molecular complexity index is 745. The van der Waals surface area contributed by atoms with E-state index in [9.17, 15) is 8.42 Å². The van der Waals surface area contributed by atoms with Gasteiger partial charge in [0.15, 0.2) is 0 Å². The summed E-state index contributed by atoms with van der Waals surface area (Å²) in [5.74, 6) is 0. The number of aromatic nitrogens is 1. The highest BCUT2D eigenvalue weighted by molar-refractivity contribution is 9.09. The molecule has 1 fully saturated rings. The van der Waals surface area contributed by atoms with E-state index in [0.717, 1.165) is 0 Å². The van der Waals surface area contributed by atoms with Gasteiger partial charge < -0.3 is 4.74 Å². The topological polar surface area (TPSA) is 59.5 Å². The number of hydrogen-bond donors (Lipinski definition) is 0. The molecule has 2 aromatic rings. The number of morpholine rings is 1. The van der Waals surface area contributed by atoms with E-state index in [1.54, 1.807) is 30.5 Å². The van der Waals surface area contributed by atoms with Crippen molar-refractivity contribution in [2.45, 2.75) is 11.0 Å². The monoisotopic (exact) mass is 370 g/mol. The largest absolute Gasteiger partial charge is 0.375 e. The first-order valence-corrected chi connectivity index (χ1v) is 9.20. The molecular formula is C14H15BrN2O3S. The van der Waals surface area contributed by atoms with Gasteiger partial charge in [-0.2, -0.15) is 4.31 Å². The first-order chi connectivity index (χ1) is 10.1. The van der Waals surface area contributed by atoms with Gasteiger partial charge in [-0.15, -0.1) is 0 Å². The Balaban J connectivity index is 2.04. The van der Waals surface area contributed by atoms with Crippen LogP contribution in [-0.2, 0) is 14.8 Å². The smallest absolute Gasteiger partial charge is 0.243 e. The number of hydrogen-bond acceptors (Lipinski definition) is 4. The normalized spacial score (nSPS) is 20.7. The Labute approximate surface area is 132 Å². The van der Waals surface area contributed by atoms with Crippen LogP contribution in [0.15, 0.2) is 41.4 Å². The van der Waals surface area contributed by atoms with E-state index in [-0.39, 0.29) is 6.10 Å². The number of nitrogens with zero attached hydrogens (tertiary/aromatic N) is 2. The van der Waals surface area contributed by atoms with Crippen LogP contribution < -0.4 is 0 Å². The molecule has 0 N–H and O–H groups in total. The van der Waals surface area contributed by atoms with Gasteiger partial charge in [0.05, 0.1) is 23.1 Å². The molecule has 0 spiro atoms. The lowest BCUT2D eigenvalue weighted by atomic mass is 10.2. The molecule has 3 rings (SSSR count). The summed E-state index contributed by atoms with van der Waals surface area (Å²) in [4.78, 5) is 4.53. The van der Waals surface area contributed by atoms with Crippen LogP contribution in [0, 0.1) is 0 Å². The third kappa shape index (κ3) is 2.83. The molecule has 2 heterocycles. The van der Waals surface area contributed by atoms with E-state index in [0.29, 0.717) is 40.8 Å². The summed E-state index contributed by atoms with van der Waals surface area (Å²) in [7, 11) is -3.54. The number of alkyl halides is 1. The SMILES string of the molecule is O=S(=O)(c1cccc2ncccc12)N1CCOC(CBr)C1. The van der Waals surface area contributed by atoms with E-state index in [1.165, 1.54) is 4.31 Å². The van der Waals surface area contributed by atoms with Crippen molar-refractivity contribution < 1.29 is 13.2 Å². The fourth-order valence-electron chi connectivity index (χ4n) is 2.44. The van der Waals surface area contributed by atoms with Gasteiger partial charge in [0.1, 0.15) is 0 Å². The van der Waals surface area contributed by atoms with Gasteiger partial charge in [-0.25, -0.2) is 8.42 Å². The van der Waals surface area contributed by atoms with Crippen molar-refractivity contribution in [1.29, 1.82) is 0 Å². The average Bonchev–Trinajstić information content (AvgIpc) is 2.54. The van der Waals surface area contributed by atoms with Crippen LogP contribution in [0.25, 0.3) is 10.9 Å². The molecule has 0 amide bonds. The molecule has 1 atom stereocenters. The van der Waals surface area contributed by atoms with Crippen molar-refractivity contribution in [3.63, 3.8) is 0 Å². The Kier molecular flexibility index (Phi) is 4.26. The van der Waals surface area contributed by atoms with Gasteiger partial charge in [-0.05, 0) is 24.3 Å². The minimum atomic E-state index is -3.54. The average molecular weight is 371 g/mol. The zero-order valence-corrected chi connectivity index (χ0v) is 13.7. The molecular weight excluding hydrogens is 356 g/mol. The molecule has 1 aliphatic rings. The summed E-state index contributed by atoms with van der Waals surface area (Å²) in [6.07, 6.45) is 1.55. The van der Waals surface area contributed by atoms with Crippen LogP contribution in [0.1, 0.15) is 0 Å². The van der Waals surface area contributed by atoms with E-state index < -0.39 is 10.0 Å². The molecule has 0 radical (unpaired) electrons. The summed E-state index contributed by atoms with van der Waals surface area (Å²) < 4.78 is 32.8. The fourth-order valence-corrected chi connectivity index (χ4v) is 4.49. The highest BCUT2D eigenvalue weighted by atomic mass is 79.9. The van der Waals surface area contributed by atoms with Crippen molar-refractivity contribution in [2.24, 2.45) is 0 Å². The molecule has 0 aliphatic carbocycles. The van der Waals surface area contributed by atoms with Crippen LogP contribution in [0.3, 0.4) is 0 Å². The van der Waals surface area contributed by atoms with Crippen molar-refractivity contribution in [3.05, 3.63) is 36.5 Å². The zero-order valence-electron chi connectivity index (χ0n) is 11.3. The number of benzene rings is 1. The number of fused-ring (bicyclic) bond motifs is 1. The summed E-state index contributed by atoms with van der Waals surface area (Å²) in [5.41, 5.74) is 0.684. The van der Waals surface area contributed by atoms with E-state index in [2.05, 4.69) is 20.9 Å². The van der Waals surface area contributed by atoms with Crippen molar-refractivity contribution >= 4 is 36.9 Å². The third-order valence-corrected chi connectivity index (χ3v) is 6.14. The highest BCUT2D eigenvalue weighted by Crippen LogP contribution is 2.25. The highest BCUT2D eigenvalue weighted by Gasteiger charge is 2.31. The molecule has 1 aromatic heterocycles. The second kappa shape index (κ2) is 6.00. The van der Waals surface area contributed by atoms with E-state index in [1.807, 2.05) is 6.07 Å². The first kappa shape index (κ1) is 14.9. The van der Waals surface area contributed by atoms with E-state index in [4.69, 9.17) is 4.74 Å². The number of sulfonamides is 1. The Morgan fingerprint density at radius 1 is 1.33 bits per heavy atom. The summed E-state index contributed by atoms with van der Waals surface area (Å²) in [5, 5.41) is 1.28. The maximum Gasteiger partial charge on any atom is 0.243 e. The molecule has 0 saturated carbocycles. The van der Waals surface area contributed by atoms with Crippen LogP contribution in [-0.4, -0.2) is 48.8 Å². The summed E-state index contributed by atoms with van der Waals surface area (Å²) >= 11 is 3.34. The molecule has 1 aliphatic heterocycles. The zero-order chi connectivity index (χ0) is 14.9. The molecule has 0 bridgehead atoms. The van der Waals surface area contributed by atoms with E-state index >= 15 is 0 Å². The lowest BCUT2D eigenvalue weighted by Gasteiger charge is -2.31. The van der Waals surface area contributed by atoms with Gasteiger partial charge in [-0.1, -0.05) is 22.0 Å². The minimum absolute atomic E-state index is 0.110. The standard InChI is InChI=1S/C14H15BrN2O3S/c15-9-11-10-17(7-8-20-11)21(18,19)14-5-1-4-13-12(14)3-2-6-16-13/h1-6,11H,7-10H2. The van der Waals surface area contributed by atoms with Crippen LogP contribution in [0.2, 0.25) is 0 Å². The van der Waals surface area contributed by atoms with Crippen molar-refractivity contribution in [2.75, 3.05) is 25.0 Å². The molecule has 1 unspecified atom stereocenters. The molecule has 7 heteroatoms. The Morgan fingerprint density at radius 2 is 2.19 bits per heavy atom. The number of halogens is 1. The van der Waals surface area contributed by atoms with Gasteiger partial charge in [0.25, 0.3) is 0 Å². The van der Waals surface area contributed by atoms with Gasteiger partial charge in [0.2, 0.25) is 10.0 Å². The van der Waals surface area contributed by atoms with Gasteiger partial charge in [0, 0.05) is 30.0 Å². The number of pyridine rings is 1. The van der Waals surface area contributed by atoms with Crippen LogP contribution in [0.4, 0.5) is 0 Å². The fraction of sp³-hybridized carbons (Fsp3) is 0.357. The summed E-state index contributed by atoms with van der Waals surface area (Å²) in [6.45, 7) is 1.16. The van der Waals surface area contributed by atoms with Gasteiger partial charge >= 0.3 is 0 Å². The second-order valence-corrected chi connectivity index (χ2v) is 7.39. The van der Waals surface area contributed by atoms with Crippen LogP contribution in [0.5, 0.6) is 0 Å². The minimum Gasteiger partial charge on any atom is -0.375 e. The number of ether oxygens (including phenoxy) is 1. The lowest BCUT2D eigenvalue weighted by Crippen LogP contribution is -2.46. The molecule has 112 valence electrons. The predicted octanol–water partition coefficient (Wildman–Crippen LogP) is 2.02. The Hall–Kier alpha value is -1.02. The number of rotatable bonds is 3. The molecule has 21 heavy (non-hydrogen) atoms. The third-order valence-electron chi connectivity index (χ3n) is 3.50. The molecule has 5 nitrogen and oxygen atoms in total. The lowest BCUT2D eigenvalue weighted by molar-refractivity contribution is 0.0137. The predicted molar refractivity (Wildman–Crippen MR) is 84.0 cm³/mol. The van der Waals surface area contributed by atoms with Crippen molar-refractivity contribution in [1.82, 2.24) is 9.29 Å². The second-order valence-electron chi connectivity index (χ2n) is 4.84. The van der Waals surface area contributed by atoms with Crippen molar-refractivity contribution in [3.8, 4) is 0 Å². The molecule has 1 aromatic carbocycles. The maximum absolute atomic E-state index is 12.9. The Morgan fingerprint density at radius 3 is 3.00 bits per heavy atom. The molecule has 1 saturated heterocycles. The summed E-state index contributed by atoms with van der Waals surface area (Å²) in [6, 6.07) is 8.72. The quantitative estimate of drug-likeness (QED) is 0.775. The van der Waals surface area contributed by atoms with Crippen LogP contribution >= 0.6 is 15.9 Å².